The van der Waals surface area contributed by atoms with Gasteiger partial charge in [0, 0.05) is 16.2 Å². The van der Waals surface area contributed by atoms with E-state index >= 15 is 0 Å². The molecule has 0 aliphatic rings. The molecule has 3 aromatic rings. The van der Waals surface area contributed by atoms with Gasteiger partial charge in [-0.1, -0.05) is 41.4 Å². The highest BCUT2D eigenvalue weighted by atomic mass is 35.5. The van der Waals surface area contributed by atoms with Crippen molar-refractivity contribution in [3.05, 3.63) is 81.8 Å². The van der Waals surface area contributed by atoms with Crippen LogP contribution in [-0.2, 0) is 16.1 Å². The van der Waals surface area contributed by atoms with E-state index in [0.29, 0.717) is 11.6 Å². The highest BCUT2D eigenvalue weighted by Gasteiger charge is 2.14. The first-order valence-corrected chi connectivity index (χ1v) is 8.86. The smallest absolute Gasteiger partial charge is 0.341 e. The van der Waals surface area contributed by atoms with Crippen molar-refractivity contribution in [3.63, 3.8) is 0 Å². The average molecular weight is 422 g/mol. The molecule has 6 nitrogen and oxygen atoms in total. The molecule has 0 saturated heterocycles. The van der Waals surface area contributed by atoms with Gasteiger partial charge in [-0.15, -0.1) is 0 Å². The fraction of sp³-hybridized carbons (Fsp3) is 0.105. The molecular weight excluding hydrogens is 408 g/mol. The molecule has 0 aliphatic heterocycles. The number of ether oxygens (including phenoxy) is 1. The number of esters is 1. The van der Waals surface area contributed by atoms with E-state index in [-0.39, 0.29) is 16.3 Å². The molecule has 0 atom stereocenters. The van der Waals surface area contributed by atoms with Crippen molar-refractivity contribution in [2.45, 2.75) is 6.54 Å². The Morgan fingerprint density at radius 1 is 1.18 bits per heavy atom. The predicted octanol–water partition coefficient (Wildman–Crippen LogP) is 4.17. The Bertz CT molecular complexity index is 1020. The summed E-state index contributed by atoms with van der Waals surface area (Å²) >= 11 is 11.9. The summed E-state index contributed by atoms with van der Waals surface area (Å²) in [6, 6.07) is 11.0. The first-order valence-electron chi connectivity index (χ1n) is 8.10. The standard InChI is InChI=1S/C19H14Cl2FN3O3/c20-14-5-6-16(22)17(7-14)24-18(26)11-28-19(27)13-8-23-25(10-13)9-12-3-1-2-4-15(12)21/h1-8,10H,9,11H2,(H,24,26). The second-order valence-corrected chi connectivity index (χ2v) is 6.61. The molecule has 28 heavy (non-hydrogen) atoms. The molecule has 0 fully saturated rings. The quantitative estimate of drug-likeness (QED) is 0.606. The Balaban J connectivity index is 1.55. The SMILES string of the molecule is O=C(COC(=O)c1cnn(Cc2ccccc2Cl)c1)Nc1cc(Cl)ccc1F. The molecule has 2 aromatic carbocycles. The predicted molar refractivity (Wildman–Crippen MR) is 103 cm³/mol. The summed E-state index contributed by atoms with van der Waals surface area (Å²) in [6.45, 7) is -0.206. The number of carbonyl (C=O) groups excluding carboxylic acids is 2. The normalized spacial score (nSPS) is 10.5. The van der Waals surface area contributed by atoms with Crippen molar-refractivity contribution in [3.8, 4) is 0 Å². The van der Waals surface area contributed by atoms with Gasteiger partial charge in [-0.2, -0.15) is 5.10 Å². The van der Waals surface area contributed by atoms with Crippen LogP contribution in [0.3, 0.4) is 0 Å². The fourth-order valence-corrected chi connectivity index (χ4v) is 2.72. The molecule has 0 aliphatic carbocycles. The number of nitrogens with zero attached hydrogens (tertiary/aromatic N) is 2. The zero-order valence-corrected chi connectivity index (χ0v) is 15.9. The van der Waals surface area contributed by atoms with E-state index in [9.17, 15) is 14.0 Å². The molecule has 0 radical (unpaired) electrons. The number of nitrogens with one attached hydrogen (secondary N) is 1. The number of benzene rings is 2. The second kappa shape index (κ2) is 8.86. The van der Waals surface area contributed by atoms with Gasteiger partial charge in [0.05, 0.1) is 24.0 Å². The average Bonchev–Trinajstić information content (AvgIpc) is 3.13. The van der Waals surface area contributed by atoms with Gasteiger partial charge in [-0.25, -0.2) is 9.18 Å². The Morgan fingerprint density at radius 2 is 1.96 bits per heavy atom. The first-order chi connectivity index (χ1) is 13.4. The van der Waals surface area contributed by atoms with Gasteiger partial charge in [-0.05, 0) is 29.8 Å². The third-order valence-corrected chi connectivity index (χ3v) is 4.30. The van der Waals surface area contributed by atoms with E-state index < -0.39 is 24.3 Å². The number of hydrogen-bond donors (Lipinski definition) is 1. The van der Waals surface area contributed by atoms with Crippen LogP contribution >= 0.6 is 23.2 Å². The van der Waals surface area contributed by atoms with Gasteiger partial charge in [0.1, 0.15) is 5.82 Å². The molecule has 0 bridgehead atoms. The minimum atomic E-state index is -0.730. The van der Waals surface area contributed by atoms with Crippen molar-refractivity contribution >= 4 is 40.8 Å². The first kappa shape index (κ1) is 19.9. The number of halogens is 3. The Kier molecular flexibility index (Phi) is 6.28. The maximum Gasteiger partial charge on any atom is 0.341 e. The van der Waals surface area contributed by atoms with E-state index in [1.807, 2.05) is 18.2 Å². The van der Waals surface area contributed by atoms with Crippen LogP contribution in [0, 0.1) is 5.82 Å². The molecule has 0 unspecified atom stereocenters. The number of rotatable bonds is 6. The van der Waals surface area contributed by atoms with Gasteiger partial charge >= 0.3 is 5.97 Å². The second-order valence-electron chi connectivity index (χ2n) is 5.77. The molecule has 3 rings (SSSR count). The Labute approximate surface area is 169 Å². The van der Waals surface area contributed by atoms with Crippen molar-refractivity contribution < 1.29 is 18.7 Å². The molecule has 1 aromatic heterocycles. The van der Waals surface area contributed by atoms with Gasteiger partial charge in [0.25, 0.3) is 5.91 Å². The summed E-state index contributed by atoms with van der Waals surface area (Å²) < 4.78 is 20.1. The van der Waals surface area contributed by atoms with Gasteiger partial charge < -0.3 is 10.1 Å². The van der Waals surface area contributed by atoms with Crippen LogP contribution in [0.25, 0.3) is 0 Å². The minimum Gasteiger partial charge on any atom is -0.452 e. The topological polar surface area (TPSA) is 73.2 Å². The van der Waals surface area contributed by atoms with Crippen LogP contribution in [0.15, 0.2) is 54.9 Å². The van der Waals surface area contributed by atoms with Crippen LogP contribution in [0.1, 0.15) is 15.9 Å². The lowest BCUT2D eigenvalue weighted by Gasteiger charge is -2.07. The zero-order valence-electron chi connectivity index (χ0n) is 14.4. The molecular formula is C19H14Cl2FN3O3. The summed E-state index contributed by atoms with van der Waals surface area (Å²) in [7, 11) is 0. The van der Waals surface area contributed by atoms with Crippen LogP contribution in [0.4, 0.5) is 10.1 Å². The van der Waals surface area contributed by atoms with Crippen molar-refractivity contribution in [2.75, 3.05) is 11.9 Å². The number of carbonyl (C=O) groups is 2. The Hall–Kier alpha value is -2.90. The van der Waals surface area contributed by atoms with Gasteiger partial charge in [-0.3, -0.25) is 9.48 Å². The summed E-state index contributed by atoms with van der Waals surface area (Å²) in [4.78, 5) is 23.9. The summed E-state index contributed by atoms with van der Waals surface area (Å²) in [5.41, 5.74) is 0.921. The third kappa shape index (κ3) is 5.09. The summed E-state index contributed by atoms with van der Waals surface area (Å²) in [6.07, 6.45) is 2.81. The molecule has 1 heterocycles. The van der Waals surface area contributed by atoms with Crippen molar-refractivity contribution in [1.82, 2.24) is 9.78 Å². The number of anilines is 1. The number of amides is 1. The van der Waals surface area contributed by atoms with E-state index in [1.54, 1.807) is 6.07 Å². The fourth-order valence-electron chi connectivity index (χ4n) is 2.35. The van der Waals surface area contributed by atoms with Gasteiger partial charge in [0.2, 0.25) is 0 Å². The van der Waals surface area contributed by atoms with Crippen molar-refractivity contribution in [2.24, 2.45) is 0 Å². The van der Waals surface area contributed by atoms with E-state index in [4.69, 9.17) is 27.9 Å². The molecule has 9 heteroatoms. The maximum atomic E-state index is 13.6. The molecule has 0 saturated carbocycles. The molecule has 144 valence electrons. The monoisotopic (exact) mass is 421 g/mol. The maximum absolute atomic E-state index is 13.6. The van der Waals surface area contributed by atoms with Crippen LogP contribution in [0.5, 0.6) is 0 Å². The minimum absolute atomic E-state index is 0.0962. The largest absolute Gasteiger partial charge is 0.452 e. The third-order valence-electron chi connectivity index (χ3n) is 3.70. The van der Waals surface area contributed by atoms with Crippen LogP contribution in [0.2, 0.25) is 10.0 Å². The number of hydrogen-bond acceptors (Lipinski definition) is 4. The van der Waals surface area contributed by atoms with E-state index in [2.05, 4.69) is 10.4 Å². The van der Waals surface area contributed by atoms with Crippen LogP contribution < -0.4 is 5.32 Å². The molecule has 0 spiro atoms. The van der Waals surface area contributed by atoms with E-state index in [0.717, 1.165) is 11.6 Å². The summed E-state index contributed by atoms with van der Waals surface area (Å²) in [5.74, 6) is -2.07. The summed E-state index contributed by atoms with van der Waals surface area (Å²) in [5, 5.41) is 7.23. The lowest BCUT2D eigenvalue weighted by molar-refractivity contribution is -0.119. The lowest BCUT2D eigenvalue weighted by Crippen LogP contribution is -2.21. The highest BCUT2D eigenvalue weighted by Crippen LogP contribution is 2.19. The highest BCUT2D eigenvalue weighted by molar-refractivity contribution is 6.31. The van der Waals surface area contributed by atoms with Crippen LogP contribution in [-0.4, -0.2) is 28.3 Å². The zero-order chi connectivity index (χ0) is 20.1. The Morgan fingerprint density at radius 3 is 2.75 bits per heavy atom. The molecule has 1 amide bonds. The van der Waals surface area contributed by atoms with Crippen molar-refractivity contribution in [1.29, 1.82) is 0 Å². The van der Waals surface area contributed by atoms with Gasteiger partial charge in [0.15, 0.2) is 6.61 Å². The lowest BCUT2D eigenvalue weighted by atomic mass is 10.2. The van der Waals surface area contributed by atoms with E-state index in [1.165, 1.54) is 29.2 Å². The molecule has 1 N–H and O–H groups in total. The number of aromatic nitrogens is 2.